The average Bonchev–Trinajstić information content (AvgIpc) is 2.68. The highest BCUT2D eigenvalue weighted by Gasteiger charge is 2.24. The van der Waals surface area contributed by atoms with Gasteiger partial charge >= 0.3 is 0 Å². The number of guanidine groups is 1. The molecular weight excluding hydrogens is 334 g/mol. The molecule has 1 amide bonds. The first-order valence-electron chi connectivity index (χ1n) is 7.99. The largest absolute Gasteiger partial charge is 0.507 e. The van der Waals surface area contributed by atoms with Gasteiger partial charge in [0.2, 0.25) is 0 Å². The maximum atomic E-state index is 12.8. The maximum absolute atomic E-state index is 12.8. The summed E-state index contributed by atoms with van der Waals surface area (Å²) in [5.41, 5.74) is 0.971. The third-order valence-electron chi connectivity index (χ3n) is 3.93. The number of phenolic OH excluding ortho intramolecular Hbond substituents is 1. The van der Waals surface area contributed by atoms with E-state index in [9.17, 15) is 15.2 Å². The average molecular weight is 351 g/mol. The molecule has 1 aromatic carbocycles. The van der Waals surface area contributed by atoms with Crippen molar-refractivity contribution in [1.29, 1.82) is 5.26 Å². The van der Waals surface area contributed by atoms with E-state index in [0.29, 0.717) is 30.4 Å². The Kier molecular flexibility index (Phi) is 4.99. The molecule has 0 unspecified atom stereocenters. The number of phenols is 1. The summed E-state index contributed by atoms with van der Waals surface area (Å²) >= 11 is 0. The van der Waals surface area contributed by atoms with Gasteiger partial charge in [0.25, 0.3) is 5.91 Å². The number of hydrogen-bond donors (Lipinski definition) is 3. The van der Waals surface area contributed by atoms with Gasteiger partial charge in [-0.2, -0.15) is 5.26 Å². The molecule has 8 nitrogen and oxygen atoms in total. The van der Waals surface area contributed by atoms with Gasteiger partial charge in [-0.1, -0.05) is 0 Å². The molecule has 8 heteroatoms. The molecule has 0 saturated heterocycles. The molecule has 0 bridgehead atoms. The van der Waals surface area contributed by atoms with Crippen LogP contribution in [0.15, 0.2) is 35.6 Å². The second-order valence-corrected chi connectivity index (χ2v) is 5.53. The van der Waals surface area contributed by atoms with E-state index in [1.54, 1.807) is 6.07 Å². The predicted molar refractivity (Wildman–Crippen MR) is 95.0 cm³/mol. The summed E-state index contributed by atoms with van der Waals surface area (Å²) in [5.74, 6) is -0.0826. The van der Waals surface area contributed by atoms with Crippen molar-refractivity contribution in [3.8, 4) is 28.7 Å². The van der Waals surface area contributed by atoms with Crippen LogP contribution < -0.4 is 15.4 Å². The van der Waals surface area contributed by atoms with Crippen molar-refractivity contribution in [2.45, 2.75) is 6.42 Å². The van der Waals surface area contributed by atoms with Gasteiger partial charge in [0.15, 0.2) is 5.96 Å². The minimum absolute atomic E-state index is 0.0244. The van der Waals surface area contributed by atoms with E-state index >= 15 is 0 Å². The van der Waals surface area contributed by atoms with Crippen LogP contribution in [0.1, 0.15) is 22.3 Å². The first-order chi connectivity index (χ1) is 12.7. The third-order valence-corrected chi connectivity index (χ3v) is 3.93. The number of aromatic nitrogens is 1. The summed E-state index contributed by atoms with van der Waals surface area (Å²) in [6.07, 6.45) is 3.89. The Hall–Kier alpha value is -3.60. The van der Waals surface area contributed by atoms with Crippen molar-refractivity contribution in [2.75, 3.05) is 20.2 Å². The van der Waals surface area contributed by atoms with Gasteiger partial charge in [-0.3, -0.25) is 20.1 Å². The number of carbonyl (C=O) groups excluding carboxylic acids is 1. The van der Waals surface area contributed by atoms with E-state index in [2.05, 4.69) is 26.7 Å². The number of ether oxygens (including phenoxy) is 1. The van der Waals surface area contributed by atoms with E-state index in [1.807, 2.05) is 0 Å². The number of pyridine rings is 1. The van der Waals surface area contributed by atoms with Crippen LogP contribution in [0.3, 0.4) is 0 Å². The van der Waals surface area contributed by atoms with Gasteiger partial charge in [0, 0.05) is 30.4 Å². The Labute approximate surface area is 150 Å². The zero-order chi connectivity index (χ0) is 18.5. The standard InChI is InChI=1S/C18H17N5O3/c1-26-14-10-20-8-5-12(14)15-11(9-19)3-4-13(24)16(15)17(25)23-18-21-6-2-7-22-18/h3-5,8,10,24H,2,6-7H2,1H3,(H2,21,22,23,25). The fraction of sp³-hybridized carbons (Fsp3) is 0.222. The zero-order valence-electron chi connectivity index (χ0n) is 14.1. The molecule has 1 aliphatic heterocycles. The number of nitrogens with zero attached hydrogens (tertiary/aromatic N) is 3. The number of methoxy groups -OCH3 is 1. The Morgan fingerprint density at radius 2 is 2.27 bits per heavy atom. The van der Waals surface area contributed by atoms with Crippen LogP contribution in [0.2, 0.25) is 0 Å². The maximum Gasteiger partial charge on any atom is 0.262 e. The SMILES string of the molecule is COc1cnccc1-c1c(C#N)ccc(O)c1C(=O)NC1=NCCCN1. The van der Waals surface area contributed by atoms with Crippen LogP contribution in [0.25, 0.3) is 11.1 Å². The lowest BCUT2D eigenvalue weighted by molar-refractivity contribution is 0.0973. The Bertz CT molecular complexity index is 918. The van der Waals surface area contributed by atoms with Crippen LogP contribution in [0, 0.1) is 11.3 Å². The molecule has 0 fully saturated rings. The molecule has 0 atom stereocenters. The van der Waals surface area contributed by atoms with Gasteiger partial charge in [-0.05, 0) is 24.6 Å². The molecule has 0 spiro atoms. The Morgan fingerprint density at radius 3 is 2.96 bits per heavy atom. The molecule has 26 heavy (non-hydrogen) atoms. The molecule has 2 heterocycles. The van der Waals surface area contributed by atoms with E-state index in [0.717, 1.165) is 6.42 Å². The number of carbonyl (C=O) groups is 1. The number of nitriles is 1. The monoisotopic (exact) mass is 351 g/mol. The molecule has 3 rings (SSSR count). The third kappa shape index (κ3) is 3.28. The van der Waals surface area contributed by atoms with Gasteiger partial charge < -0.3 is 15.2 Å². The summed E-state index contributed by atoms with van der Waals surface area (Å²) < 4.78 is 5.30. The summed E-state index contributed by atoms with van der Waals surface area (Å²) in [6.45, 7) is 1.31. The molecule has 1 aliphatic rings. The fourth-order valence-corrected chi connectivity index (χ4v) is 2.73. The molecule has 3 N–H and O–H groups in total. The number of hydrogen-bond acceptors (Lipinski definition) is 7. The zero-order valence-corrected chi connectivity index (χ0v) is 14.1. The Morgan fingerprint density at radius 1 is 1.42 bits per heavy atom. The molecule has 2 aromatic rings. The number of nitrogens with one attached hydrogen (secondary N) is 2. The van der Waals surface area contributed by atoms with Crippen molar-refractivity contribution >= 4 is 11.9 Å². The van der Waals surface area contributed by atoms with Crippen molar-refractivity contribution in [2.24, 2.45) is 4.99 Å². The quantitative estimate of drug-likeness (QED) is 0.769. The minimum Gasteiger partial charge on any atom is -0.507 e. The number of aromatic hydroxyl groups is 1. The van der Waals surface area contributed by atoms with Crippen LogP contribution in [0.4, 0.5) is 0 Å². The van der Waals surface area contributed by atoms with Crippen molar-refractivity contribution in [3.63, 3.8) is 0 Å². The smallest absolute Gasteiger partial charge is 0.262 e. The van der Waals surface area contributed by atoms with Crippen LogP contribution in [-0.2, 0) is 0 Å². The molecule has 0 saturated carbocycles. The number of amides is 1. The first-order valence-corrected chi connectivity index (χ1v) is 7.99. The van der Waals surface area contributed by atoms with Gasteiger partial charge in [0.1, 0.15) is 11.5 Å². The number of aliphatic imine (C=N–C) groups is 1. The van der Waals surface area contributed by atoms with E-state index < -0.39 is 5.91 Å². The second-order valence-electron chi connectivity index (χ2n) is 5.53. The summed E-state index contributed by atoms with van der Waals surface area (Å²) in [4.78, 5) is 21.0. The molecule has 0 aliphatic carbocycles. The van der Waals surface area contributed by atoms with E-state index in [-0.39, 0.29) is 22.4 Å². The van der Waals surface area contributed by atoms with Crippen LogP contribution >= 0.6 is 0 Å². The first kappa shape index (κ1) is 17.2. The molecule has 0 radical (unpaired) electrons. The second kappa shape index (κ2) is 7.53. The predicted octanol–water partition coefficient (Wildman–Crippen LogP) is 1.41. The van der Waals surface area contributed by atoms with Crippen molar-refractivity contribution in [3.05, 3.63) is 41.7 Å². The van der Waals surface area contributed by atoms with Gasteiger partial charge in [-0.15, -0.1) is 0 Å². The van der Waals surface area contributed by atoms with Crippen molar-refractivity contribution < 1.29 is 14.6 Å². The highest BCUT2D eigenvalue weighted by atomic mass is 16.5. The van der Waals surface area contributed by atoms with Crippen LogP contribution in [-0.4, -0.2) is 42.2 Å². The summed E-state index contributed by atoms with van der Waals surface area (Å²) in [5, 5.41) is 25.5. The number of rotatable bonds is 3. The highest BCUT2D eigenvalue weighted by molar-refractivity contribution is 6.11. The lowest BCUT2D eigenvalue weighted by atomic mass is 9.93. The molecule has 1 aromatic heterocycles. The summed E-state index contributed by atoms with van der Waals surface area (Å²) in [6, 6.07) is 6.46. The van der Waals surface area contributed by atoms with Crippen molar-refractivity contribution in [1.82, 2.24) is 15.6 Å². The topological polar surface area (TPSA) is 120 Å². The fourth-order valence-electron chi connectivity index (χ4n) is 2.73. The minimum atomic E-state index is -0.568. The highest BCUT2D eigenvalue weighted by Crippen LogP contribution is 2.37. The van der Waals surface area contributed by atoms with Crippen LogP contribution in [0.5, 0.6) is 11.5 Å². The normalized spacial score (nSPS) is 13.2. The van der Waals surface area contributed by atoms with E-state index in [4.69, 9.17) is 4.74 Å². The van der Waals surface area contributed by atoms with Gasteiger partial charge in [-0.25, -0.2) is 0 Å². The Balaban J connectivity index is 2.14. The summed E-state index contributed by atoms with van der Waals surface area (Å²) in [7, 11) is 1.47. The molecule has 132 valence electrons. The van der Waals surface area contributed by atoms with Gasteiger partial charge in [0.05, 0.1) is 30.5 Å². The van der Waals surface area contributed by atoms with E-state index in [1.165, 1.54) is 31.6 Å². The molecular formula is C18H17N5O3. The lowest BCUT2D eigenvalue weighted by Crippen LogP contribution is -2.43. The number of benzene rings is 1. The lowest BCUT2D eigenvalue weighted by Gasteiger charge is -2.18.